The molecule has 1 aliphatic heterocycles. The van der Waals surface area contributed by atoms with Gasteiger partial charge in [-0.05, 0) is 77.0 Å². The van der Waals surface area contributed by atoms with Crippen LogP contribution in [0.3, 0.4) is 0 Å². The lowest BCUT2D eigenvalue weighted by atomic mass is 9.98. The van der Waals surface area contributed by atoms with E-state index in [4.69, 9.17) is 23.7 Å². The number of aliphatic hydroxyl groups is 2. The molecular weight excluding hydrogens is 949 g/mol. The molecule has 434 valence electrons. The molecule has 75 heavy (non-hydrogen) atoms. The molecule has 0 bridgehead atoms. The summed E-state index contributed by atoms with van der Waals surface area (Å²) in [6.45, 7) is 5.91. The summed E-state index contributed by atoms with van der Waals surface area (Å²) in [5.41, 5.74) is 0. The largest absolute Gasteiger partial charge is 0.479 e. The molecule has 0 aromatic carbocycles. The highest BCUT2D eigenvalue weighted by Crippen LogP contribution is 2.26. The minimum absolute atomic E-state index is 0.0514. The van der Waals surface area contributed by atoms with E-state index >= 15 is 0 Å². The van der Waals surface area contributed by atoms with Crippen LogP contribution in [-0.4, -0.2) is 89.2 Å². The van der Waals surface area contributed by atoms with E-state index in [0.717, 1.165) is 128 Å². The van der Waals surface area contributed by atoms with Crippen LogP contribution < -0.4 is 0 Å². The Morgan fingerprint density at radius 2 is 0.827 bits per heavy atom. The Hall–Kier alpha value is -3.32. The van der Waals surface area contributed by atoms with Gasteiger partial charge in [0.15, 0.2) is 24.6 Å². The zero-order chi connectivity index (χ0) is 54.7. The van der Waals surface area contributed by atoms with Crippen molar-refractivity contribution in [1.29, 1.82) is 0 Å². The quantitative estimate of drug-likeness (QED) is 0.0228. The monoisotopic (exact) mass is 1060 g/mol. The summed E-state index contributed by atoms with van der Waals surface area (Å²) in [6.07, 6.45) is 49.3. The van der Waals surface area contributed by atoms with Crippen LogP contribution in [0.5, 0.6) is 0 Å². The average molecular weight is 1060 g/mol. The van der Waals surface area contributed by atoms with Gasteiger partial charge in [0.1, 0.15) is 18.8 Å². The van der Waals surface area contributed by atoms with Crippen molar-refractivity contribution in [2.24, 2.45) is 0 Å². The van der Waals surface area contributed by atoms with Gasteiger partial charge in [-0.1, -0.05) is 230 Å². The van der Waals surface area contributed by atoms with Gasteiger partial charge in [0, 0.05) is 19.3 Å². The Morgan fingerprint density at radius 1 is 0.440 bits per heavy atom. The number of hydrogen-bond acceptors (Lipinski definition) is 11. The van der Waals surface area contributed by atoms with Crippen LogP contribution >= 0.6 is 0 Å². The topological polar surface area (TPSA) is 175 Å². The minimum atomic E-state index is -1.91. The Kier molecular flexibility index (Phi) is 47.8. The maximum Gasteiger partial charge on any atom is 0.335 e. The van der Waals surface area contributed by atoms with Gasteiger partial charge >= 0.3 is 23.9 Å². The Balaban J connectivity index is 2.67. The number of allylic oxidation sites excluding steroid dienone is 8. The minimum Gasteiger partial charge on any atom is -0.479 e. The predicted molar refractivity (Wildman–Crippen MR) is 303 cm³/mol. The SMILES string of the molecule is CCC/C=C\C/C=C\CCCCCCCC(=O)OC(COC(=O)CCCCCCCCCCCCCCCCC)COC1OC(C(=O)O)C(O)C(O)C1OC(=O)CCCCCCCCC/C=C\C/C=C\CCCCC. The third-order valence-electron chi connectivity index (χ3n) is 13.9. The van der Waals surface area contributed by atoms with Gasteiger partial charge in [-0.2, -0.15) is 0 Å². The fourth-order valence-corrected chi connectivity index (χ4v) is 9.14. The molecule has 0 amide bonds. The van der Waals surface area contributed by atoms with Crippen molar-refractivity contribution in [2.75, 3.05) is 13.2 Å². The van der Waals surface area contributed by atoms with E-state index in [9.17, 15) is 34.5 Å². The molecule has 0 aliphatic carbocycles. The lowest BCUT2D eigenvalue weighted by molar-refractivity contribution is -0.301. The second kappa shape index (κ2) is 51.4. The molecule has 12 heteroatoms. The Labute approximate surface area is 456 Å². The molecule has 1 fully saturated rings. The molecule has 1 heterocycles. The Bertz CT molecular complexity index is 1490. The van der Waals surface area contributed by atoms with E-state index in [0.29, 0.717) is 19.3 Å². The predicted octanol–water partition coefficient (Wildman–Crippen LogP) is 15.8. The number of aliphatic carboxylic acids is 1. The molecule has 6 atom stereocenters. The molecule has 0 aromatic rings. The number of hydrogen-bond donors (Lipinski definition) is 3. The van der Waals surface area contributed by atoms with Gasteiger partial charge in [0.2, 0.25) is 0 Å². The van der Waals surface area contributed by atoms with E-state index in [1.807, 2.05) is 0 Å². The van der Waals surface area contributed by atoms with Crippen LogP contribution in [0.4, 0.5) is 0 Å². The fourth-order valence-electron chi connectivity index (χ4n) is 9.14. The maximum absolute atomic E-state index is 13.1. The first-order chi connectivity index (χ1) is 36.6. The lowest BCUT2D eigenvalue weighted by Crippen LogP contribution is -2.61. The molecule has 3 N–H and O–H groups in total. The third-order valence-corrected chi connectivity index (χ3v) is 13.9. The van der Waals surface area contributed by atoms with Crippen LogP contribution in [0.15, 0.2) is 48.6 Å². The van der Waals surface area contributed by atoms with Crippen molar-refractivity contribution in [3.05, 3.63) is 48.6 Å². The summed E-state index contributed by atoms with van der Waals surface area (Å²) >= 11 is 0. The van der Waals surface area contributed by atoms with E-state index in [-0.39, 0.29) is 25.9 Å². The first-order valence-electron chi connectivity index (χ1n) is 30.6. The highest BCUT2D eigenvalue weighted by atomic mass is 16.7. The lowest BCUT2D eigenvalue weighted by Gasteiger charge is -2.40. The molecule has 1 saturated heterocycles. The molecule has 1 rings (SSSR count). The number of unbranched alkanes of at least 4 members (excludes halogenated alkanes) is 30. The first kappa shape index (κ1) is 69.7. The van der Waals surface area contributed by atoms with Gasteiger partial charge in [0.05, 0.1) is 6.61 Å². The standard InChI is InChI=1S/C63H110O12/c1-4-7-10-13-16-19-22-25-27-28-30-33-36-39-42-45-48-51-57(66)74-61-59(68)58(67)60(62(69)70)75-63(61)72-53-54(73-56(65)50-47-44-41-38-35-31-24-21-18-15-12-9-6-3)52-71-55(64)49-46-43-40-37-34-32-29-26-23-20-17-14-11-8-5-2/h12,15-16,19,21,24-25,27,54,58-61,63,67-68H,4-11,13-14,17-18,20,22-23,26,28-53H2,1-3H3,(H,69,70)/b15-12-,19-16-,24-21-,27-25-. The zero-order valence-corrected chi connectivity index (χ0v) is 47.8. The van der Waals surface area contributed by atoms with E-state index < -0.39 is 67.3 Å². The number of esters is 3. The van der Waals surface area contributed by atoms with E-state index in [1.54, 1.807) is 0 Å². The van der Waals surface area contributed by atoms with Gasteiger partial charge in [-0.15, -0.1) is 0 Å². The van der Waals surface area contributed by atoms with Crippen LogP contribution in [0.25, 0.3) is 0 Å². The summed E-state index contributed by atoms with van der Waals surface area (Å²) in [7, 11) is 0. The molecule has 0 radical (unpaired) electrons. The van der Waals surface area contributed by atoms with Crippen molar-refractivity contribution < 1.29 is 58.2 Å². The Morgan fingerprint density at radius 3 is 1.28 bits per heavy atom. The second-order valence-corrected chi connectivity index (χ2v) is 21.0. The van der Waals surface area contributed by atoms with Crippen molar-refractivity contribution in [3.63, 3.8) is 0 Å². The number of aliphatic hydroxyl groups excluding tert-OH is 2. The highest BCUT2D eigenvalue weighted by molar-refractivity contribution is 5.74. The van der Waals surface area contributed by atoms with Gasteiger partial charge < -0.3 is 39.0 Å². The smallest absolute Gasteiger partial charge is 0.335 e. The van der Waals surface area contributed by atoms with Crippen molar-refractivity contribution in [1.82, 2.24) is 0 Å². The van der Waals surface area contributed by atoms with Gasteiger partial charge in [-0.25, -0.2) is 4.79 Å². The summed E-state index contributed by atoms with van der Waals surface area (Å²) in [5.74, 6) is -3.13. The van der Waals surface area contributed by atoms with E-state index in [2.05, 4.69) is 69.4 Å². The molecule has 6 unspecified atom stereocenters. The van der Waals surface area contributed by atoms with Crippen molar-refractivity contribution in [2.45, 2.75) is 314 Å². The number of rotatable bonds is 52. The zero-order valence-electron chi connectivity index (χ0n) is 47.8. The normalized spacial score (nSPS) is 18.4. The number of carbonyl (C=O) groups excluding carboxylic acids is 3. The van der Waals surface area contributed by atoms with Crippen LogP contribution in [0.1, 0.15) is 278 Å². The summed E-state index contributed by atoms with van der Waals surface area (Å²) in [4.78, 5) is 51.1. The summed E-state index contributed by atoms with van der Waals surface area (Å²) < 4.78 is 28.4. The van der Waals surface area contributed by atoms with Crippen molar-refractivity contribution in [3.8, 4) is 0 Å². The second-order valence-electron chi connectivity index (χ2n) is 21.0. The molecule has 0 spiro atoms. The number of ether oxygens (including phenoxy) is 5. The number of carbonyl (C=O) groups is 4. The van der Waals surface area contributed by atoms with Crippen molar-refractivity contribution >= 4 is 23.9 Å². The maximum atomic E-state index is 13.1. The molecule has 12 nitrogen and oxygen atoms in total. The summed E-state index contributed by atoms with van der Waals surface area (Å²) in [5, 5.41) is 31.5. The number of carboxylic acids is 1. The van der Waals surface area contributed by atoms with Gasteiger partial charge in [0.25, 0.3) is 0 Å². The van der Waals surface area contributed by atoms with E-state index in [1.165, 1.54) is 89.9 Å². The fraction of sp³-hybridized carbons (Fsp3) is 0.810. The van der Waals surface area contributed by atoms with Gasteiger partial charge in [-0.3, -0.25) is 14.4 Å². The third kappa shape index (κ3) is 41.5. The highest BCUT2D eigenvalue weighted by Gasteiger charge is 2.50. The van der Waals surface area contributed by atoms with Crippen LogP contribution in [0, 0.1) is 0 Å². The average Bonchev–Trinajstić information content (AvgIpc) is 3.39. The van der Waals surface area contributed by atoms with Crippen LogP contribution in [0.2, 0.25) is 0 Å². The summed E-state index contributed by atoms with van der Waals surface area (Å²) in [6, 6.07) is 0. The molecule has 0 aromatic heterocycles. The molecule has 1 aliphatic rings. The number of carboxylic acid groups (broad SMARTS) is 1. The molecular formula is C63H110O12. The van der Waals surface area contributed by atoms with Crippen LogP contribution in [-0.2, 0) is 42.9 Å². The molecule has 0 saturated carbocycles. The first-order valence-corrected chi connectivity index (χ1v) is 30.6.